The van der Waals surface area contributed by atoms with Gasteiger partial charge in [0.1, 0.15) is 24.2 Å². The minimum absolute atomic E-state index is 0.311. The maximum atomic E-state index is 5.98. The molecule has 1 heterocycles. The summed E-state index contributed by atoms with van der Waals surface area (Å²) < 4.78 is 16.5. The number of hydrogen-bond donors (Lipinski definition) is 0. The van der Waals surface area contributed by atoms with Crippen molar-refractivity contribution in [3.05, 3.63) is 58.7 Å². The van der Waals surface area contributed by atoms with Crippen LogP contribution in [0.2, 0.25) is 0 Å². The molecule has 0 radical (unpaired) electrons. The third-order valence-corrected chi connectivity index (χ3v) is 3.74. The molecule has 0 spiro atoms. The Kier molecular flexibility index (Phi) is 3.84. The van der Waals surface area contributed by atoms with E-state index >= 15 is 0 Å². The van der Waals surface area contributed by atoms with Crippen LogP contribution in [0.5, 0.6) is 11.5 Å². The molecule has 21 heavy (non-hydrogen) atoms. The van der Waals surface area contributed by atoms with E-state index in [4.69, 9.17) is 14.2 Å². The maximum absolute atomic E-state index is 5.98. The molecule has 1 fully saturated rings. The van der Waals surface area contributed by atoms with Gasteiger partial charge in [-0.1, -0.05) is 24.3 Å². The predicted molar refractivity (Wildman–Crippen MR) is 81.9 cm³/mol. The lowest BCUT2D eigenvalue weighted by molar-refractivity contribution is 0.301. The SMILES string of the molecule is COc1cc(C)c(OCc2ccc(C3CO3)cc2)c(C)c1. The Morgan fingerprint density at radius 3 is 2.24 bits per heavy atom. The van der Waals surface area contributed by atoms with Gasteiger partial charge in [0.25, 0.3) is 0 Å². The largest absolute Gasteiger partial charge is 0.497 e. The zero-order chi connectivity index (χ0) is 14.8. The second-order valence-corrected chi connectivity index (χ2v) is 5.44. The van der Waals surface area contributed by atoms with Crippen molar-refractivity contribution in [2.24, 2.45) is 0 Å². The highest BCUT2D eigenvalue weighted by molar-refractivity contribution is 5.46. The highest BCUT2D eigenvalue weighted by Gasteiger charge is 2.24. The Labute approximate surface area is 125 Å². The molecule has 2 aromatic carbocycles. The third kappa shape index (κ3) is 3.19. The zero-order valence-corrected chi connectivity index (χ0v) is 12.7. The predicted octanol–water partition coefficient (Wildman–Crippen LogP) is 3.96. The van der Waals surface area contributed by atoms with Crippen molar-refractivity contribution in [1.82, 2.24) is 0 Å². The number of epoxide rings is 1. The van der Waals surface area contributed by atoms with Crippen molar-refractivity contribution >= 4 is 0 Å². The van der Waals surface area contributed by atoms with Crippen molar-refractivity contribution in [2.45, 2.75) is 26.6 Å². The average molecular weight is 284 g/mol. The van der Waals surface area contributed by atoms with Crippen LogP contribution in [-0.4, -0.2) is 13.7 Å². The van der Waals surface area contributed by atoms with E-state index in [9.17, 15) is 0 Å². The van der Waals surface area contributed by atoms with Crippen LogP contribution in [0.25, 0.3) is 0 Å². The van der Waals surface area contributed by atoms with Gasteiger partial charge in [-0.15, -0.1) is 0 Å². The van der Waals surface area contributed by atoms with Crippen LogP contribution in [0.1, 0.15) is 28.4 Å². The lowest BCUT2D eigenvalue weighted by Crippen LogP contribution is -2.00. The van der Waals surface area contributed by atoms with Crippen molar-refractivity contribution < 1.29 is 14.2 Å². The summed E-state index contributed by atoms with van der Waals surface area (Å²) in [4.78, 5) is 0. The lowest BCUT2D eigenvalue weighted by atomic mass is 10.1. The molecule has 3 rings (SSSR count). The van der Waals surface area contributed by atoms with E-state index in [2.05, 4.69) is 24.3 Å². The molecule has 2 aromatic rings. The van der Waals surface area contributed by atoms with Gasteiger partial charge in [0.05, 0.1) is 13.7 Å². The van der Waals surface area contributed by atoms with Crippen molar-refractivity contribution in [3.63, 3.8) is 0 Å². The Morgan fingerprint density at radius 1 is 1.10 bits per heavy atom. The molecule has 1 saturated heterocycles. The summed E-state index contributed by atoms with van der Waals surface area (Å²) >= 11 is 0. The zero-order valence-electron chi connectivity index (χ0n) is 12.7. The molecule has 0 bridgehead atoms. The standard InChI is InChI=1S/C18H20O3/c1-12-8-16(19-3)9-13(2)18(12)21-10-14-4-6-15(7-5-14)17-11-20-17/h4-9,17H,10-11H2,1-3H3. The first-order valence-electron chi connectivity index (χ1n) is 7.16. The summed E-state index contributed by atoms with van der Waals surface area (Å²) in [6.45, 7) is 5.50. The monoisotopic (exact) mass is 284 g/mol. The molecule has 1 unspecified atom stereocenters. The third-order valence-electron chi connectivity index (χ3n) is 3.74. The van der Waals surface area contributed by atoms with Crippen molar-refractivity contribution in [1.29, 1.82) is 0 Å². The summed E-state index contributed by atoms with van der Waals surface area (Å²) in [5, 5.41) is 0. The van der Waals surface area contributed by atoms with Crippen LogP contribution >= 0.6 is 0 Å². The molecule has 110 valence electrons. The smallest absolute Gasteiger partial charge is 0.125 e. The number of aryl methyl sites for hydroxylation is 2. The number of ether oxygens (including phenoxy) is 3. The van der Waals surface area contributed by atoms with E-state index in [0.717, 1.165) is 34.8 Å². The van der Waals surface area contributed by atoms with Gasteiger partial charge in [0.15, 0.2) is 0 Å². The fourth-order valence-corrected chi connectivity index (χ4v) is 2.48. The van der Waals surface area contributed by atoms with Gasteiger partial charge < -0.3 is 14.2 Å². The summed E-state index contributed by atoms with van der Waals surface area (Å²) in [5.41, 5.74) is 4.59. The second-order valence-electron chi connectivity index (χ2n) is 5.44. The van der Waals surface area contributed by atoms with E-state index in [0.29, 0.717) is 12.7 Å². The van der Waals surface area contributed by atoms with Crippen LogP contribution in [0, 0.1) is 13.8 Å². The van der Waals surface area contributed by atoms with E-state index in [1.165, 1.54) is 5.56 Å². The number of rotatable bonds is 5. The van der Waals surface area contributed by atoms with Gasteiger partial charge in [-0.2, -0.15) is 0 Å². The minimum atomic E-state index is 0.311. The molecule has 1 atom stereocenters. The maximum Gasteiger partial charge on any atom is 0.125 e. The highest BCUT2D eigenvalue weighted by atomic mass is 16.6. The van der Waals surface area contributed by atoms with Crippen molar-refractivity contribution in [2.75, 3.05) is 13.7 Å². The summed E-state index contributed by atoms with van der Waals surface area (Å²) in [7, 11) is 1.68. The van der Waals surface area contributed by atoms with E-state index in [1.54, 1.807) is 7.11 Å². The summed E-state index contributed by atoms with van der Waals surface area (Å²) in [6, 6.07) is 12.4. The van der Waals surface area contributed by atoms with Crippen LogP contribution in [-0.2, 0) is 11.3 Å². The Morgan fingerprint density at radius 2 is 1.71 bits per heavy atom. The second kappa shape index (κ2) is 5.78. The highest BCUT2D eigenvalue weighted by Crippen LogP contribution is 2.31. The van der Waals surface area contributed by atoms with Gasteiger partial charge in [0.2, 0.25) is 0 Å². The first-order valence-corrected chi connectivity index (χ1v) is 7.16. The molecule has 0 aliphatic carbocycles. The quantitative estimate of drug-likeness (QED) is 0.779. The van der Waals surface area contributed by atoms with E-state index in [-0.39, 0.29) is 0 Å². The Hall–Kier alpha value is -2.00. The van der Waals surface area contributed by atoms with Gasteiger partial charge in [0, 0.05) is 0 Å². The van der Waals surface area contributed by atoms with Gasteiger partial charge in [-0.3, -0.25) is 0 Å². The van der Waals surface area contributed by atoms with Gasteiger partial charge in [-0.05, 0) is 48.2 Å². The summed E-state index contributed by atoms with van der Waals surface area (Å²) in [6.07, 6.45) is 0.311. The van der Waals surface area contributed by atoms with Crippen LogP contribution < -0.4 is 9.47 Å². The fraction of sp³-hybridized carbons (Fsp3) is 0.333. The normalized spacial score (nSPS) is 16.6. The first kappa shape index (κ1) is 14.0. The summed E-state index contributed by atoms with van der Waals surface area (Å²) in [5.74, 6) is 1.80. The molecule has 0 aromatic heterocycles. The molecule has 0 amide bonds. The van der Waals surface area contributed by atoms with Gasteiger partial charge >= 0.3 is 0 Å². The molecule has 3 nitrogen and oxygen atoms in total. The molecule has 3 heteroatoms. The van der Waals surface area contributed by atoms with Gasteiger partial charge in [-0.25, -0.2) is 0 Å². The van der Waals surface area contributed by atoms with Crippen molar-refractivity contribution in [3.8, 4) is 11.5 Å². The first-order chi connectivity index (χ1) is 10.2. The molecule has 0 N–H and O–H groups in total. The lowest BCUT2D eigenvalue weighted by Gasteiger charge is -2.14. The number of benzene rings is 2. The topological polar surface area (TPSA) is 31.0 Å². The molecule has 1 aliphatic heterocycles. The number of hydrogen-bond acceptors (Lipinski definition) is 3. The van der Waals surface area contributed by atoms with E-state index in [1.807, 2.05) is 26.0 Å². The molecular weight excluding hydrogens is 264 g/mol. The molecule has 0 saturated carbocycles. The Balaban J connectivity index is 1.69. The van der Waals surface area contributed by atoms with E-state index < -0.39 is 0 Å². The average Bonchev–Trinajstić information content (AvgIpc) is 3.31. The van der Waals surface area contributed by atoms with Crippen LogP contribution in [0.15, 0.2) is 36.4 Å². The number of methoxy groups -OCH3 is 1. The Bertz CT molecular complexity index is 604. The minimum Gasteiger partial charge on any atom is -0.497 e. The van der Waals surface area contributed by atoms with Crippen LogP contribution in [0.4, 0.5) is 0 Å². The molecule has 1 aliphatic rings. The fourth-order valence-electron chi connectivity index (χ4n) is 2.48. The molecular formula is C18H20O3. The van der Waals surface area contributed by atoms with Crippen LogP contribution in [0.3, 0.4) is 0 Å².